The molecular weight excluding hydrogens is 230 g/mol. The summed E-state index contributed by atoms with van der Waals surface area (Å²) >= 11 is 0. The van der Waals surface area contributed by atoms with Gasteiger partial charge in [0.15, 0.2) is 0 Å². The monoisotopic (exact) mass is 257 g/mol. The van der Waals surface area contributed by atoms with Crippen molar-refractivity contribution < 1.29 is 14.7 Å². The lowest BCUT2D eigenvalue weighted by Crippen LogP contribution is -2.39. The zero-order valence-electron chi connectivity index (χ0n) is 11.7. The van der Waals surface area contributed by atoms with Crippen molar-refractivity contribution >= 4 is 11.9 Å². The van der Waals surface area contributed by atoms with Gasteiger partial charge in [-0.25, -0.2) is 4.79 Å². The van der Waals surface area contributed by atoms with Crippen LogP contribution in [0.25, 0.3) is 0 Å². The fourth-order valence-electron chi connectivity index (χ4n) is 1.99. The Morgan fingerprint density at radius 2 is 1.50 bits per heavy atom. The molecule has 0 aromatic heterocycles. The maximum atomic E-state index is 10.9. The minimum absolute atomic E-state index is 0.276. The van der Waals surface area contributed by atoms with Gasteiger partial charge in [0.05, 0.1) is 0 Å². The first-order chi connectivity index (χ1) is 8.57. The highest BCUT2D eigenvalue weighted by Crippen LogP contribution is 2.10. The van der Waals surface area contributed by atoms with Crippen LogP contribution < -0.4 is 5.32 Å². The standard InChI is InChI=1S/C14H27NO3/c1-3-4-5-6-7-8-9-10-11-13(14(17)18)15-12(2)16/h13H,3-11H2,1-2H3,(H,15,16)(H,17,18). The molecule has 0 spiro atoms. The van der Waals surface area contributed by atoms with Gasteiger partial charge in [0.1, 0.15) is 6.04 Å². The third-order valence-corrected chi connectivity index (χ3v) is 3.02. The third kappa shape index (κ3) is 10.1. The van der Waals surface area contributed by atoms with Crippen molar-refractivity contribution in [3.05, 3.63) is 0 Å². The van der Waals surface area contributed by atoms with E-state index in [0.29, 0.717) is 6.42 Å². The van der Waals surface area contributed by atoms with Gasteiger partial charge in [-0.15, -0.1) is 0 Å². The summed E-state index contributed by atoms with van der Waals surface area (Å²) in [5.74, 6) is -1.21. The number of carboxylic acid groups (broad SMARTS) is 1. The highest BCUT2D eigenvalue weighted by molar-refractivity contribution is 5.81. The molecule has 0 aliphatic heterocycles. The average Bonchev–Trinajstić information content (AvgIpc) is 2.30. The van der Waals surface area contributed by atoms with E-state index in [2.05, 4.69) is 12.2 Å². The van der Waals surface area contributed by atoms with Gasteiger partial charge in [0, 0.05) is 6.92 Å². The number of carbonyl (C=O) groups is 2. The summed E-state index contributed by atoms with van der Waals surface area (Å²) in [5.41, 5.74) is 0. The Kier molecular flexibility index (Phi) is 10.4. The Labute approximate surface area is 110 Å². The molecule has 1 atom stereocenters. The van der Waals surface area contributed by atoms with E-state index < -0.39 is 12.0 Å². The van der Waals surface area contributed by atoms with Crippen LogP contribution in [0.1, 0.15) is 71.6 Å². The molecule has 0 bridgehead atoms. The number of amides is 1. The molecular formula is C14H27NO3. The molecule has 0 aliphatic carbocycles. The summed E-state index contributed by atoms with van der Waals surface area (Å²) in [5, 5.41) is 11.4. The lowest BCUT2D eigenvalue weighted by molar-refractivity contribution is -0.141. The highest BCUT2D eigenvalue weighted by Gasteiger charge is 2.17. The molecule has 0 rings (SSSR count). The molecule has 0 aromatic carbocycles. The van der Waals surface area contributed by atoms with Crippen LogP contribution in [0.4, 0.5) is 0 Å². The maximum Gasteiger partial charge on any atom is 0.326 e. The molecule has 0 aromatic rings. The van der Waals surface area contributed by atoms with Crippen LogP contribution >= 0.6 is 0 Å². The maximum absolute atomic E-state index is 10.9. The topological polar surface area (TPSA) is 66.4 Å². The predicted octanol–water partition coefficient (Wildman–Crippen LogP) is 3.11. The van der Waals surface area contributed by atoms with Crippen molar-refractivity contribution in [3.63, 3.8) is 0 Å². The van der Waals surface area contributed by atoms with Crippen LogP contribution in [0.5, 0.6) is 0 Å². The van der Waals surface area contributed by atoms with Crippen molar-refractivity contribution in [2.24, 2.45) is 0 Å². The molecule has 1 unspecified atom stereocenters. The van der Waals surface area contributed by atoms with E-state index in [4.69, 9.17) is 5.11 Å². The van der Waals surface area contributed by atoms with Gasteiger partial charge in [0.25, 0.3) is 0 Å². The normalized spacial score (nSPS) is 12.1. The second kappa shape index (κ2) is 11.1. The molecule has 4 heteroatoms. The molecule has 0 aliphatic rings. The summed E-state index contributed by atoms with van der Waals surface area (Å²) in [6.07, 6.45) is 10.0. The third-order valence-electron chi connectivity index (χ3n) is 3.02. The number of nitrogens with one attached hydrogen (secondary N) is 1. The van der Waals surface area contributed by atoms with Gasteiger partial charge in [0.2, 0.25) is 5.91 Å². The minimum Gasteiger partial charge on any atom is -0.480 e. The van der Waals surface area contributed by atoms with Crippen LogP contribution in [-0.4, -0.2) is 23.0 Å². The van der Waals surface area contributed by atoms with Crippen molar-refractivity contribution in [3.8, 4) is 0 Å². The first-order valence-electron chi connectivity index (χ1n) is 7.07. The Morgan fingerprint density at radius 1 is 1.00 bits per heavy atom. The second-order valence-corrected chi connectivity index (χ2v) is 4.85. The summed E-state index contributed by atoms with van der Waals surface area (Å²) < 4.78 is 0. The van der Waals surface area contributed by atoms with Crippen molar-refractivity contribution in [2.75, 3.05) is 0 Å². The van der Waals surface area contributed by atoms with E-state index in [1.54, 1.807) is 0 Å². The molecule has 0 heterocycles. The van der Waals surface area contributed by atoms with Crippen LogP contribution in [0.15, 0.2) is 0 Å². The summed E-state index contributed by atoms with van der Waals surface area (Å²) in [7, 11) is 0. The number of unbranched alkanes of at least 4 members (excludes halogenated alkanes) is 7. The number of carboxylic acids is 1. The molecule has 1 amide bonds. The summed E-state index contributed by atoms with van der Waals surface area (Å²) in [4.78, 5) is 21.7. The van der Waals surface area contributed by atoms with Crippen LogP contribution in [0.2, 0.25) is 0 Å². The number of hydrogen-bond donors (Lipinski definition) is 2. The fraction of sp³-hybridized carbons (Fsp3) is 0.857. The van der Waals surface area contributed by atoms with Gasteiger partial charge in [-0.1, -0.05) is 58.3 Å². The largest absolute Gasteiger partial charge is 0.480 e. The van der Waals surface area contributed by atoms with E-state index in [9.17, 15) is 9.59 Å². The van der Waals surface area contributed by atoms with Gasteiger partial charge in [-0.05, 0) is 6.42 Å². The minimum atomic E-state index is -0.937. The summed E-state index contributed by atoms with van der Waals surface area (Å²) in [6.45, 7) is 3.55. The molecule has 0 saturated heterocycles. The van der Waals surface area contributed by atoms with E-state index >= 15 is 0 Å². The number of carbonyl (C=O) groups excluding carboxylic acids is 1. The first-order valence-corrected chi connectivity index (χ1v) is 7.07. The SMILES string of the molecule is CCCCCCCCCCC(NC(C)=O)C(=O)O. The predicted molar refractivity (Wildman–Crippen MR) is 72.5 cm³/mol. The zero-order valence-corrected chi connectivity index (χ0v) is 11.7. The van der Waals surface area contributed by atoms with Crippen molar-refractivity contribution in [1.82, 2.24) is 5.32 Å². The van der Waals surface area contributed by atoms with Gasteiger partial charge < -0.3 is 10.4 Å². The molecule has 106 valence electrons. The fourth-order valence-corrected chi connectivity index (χ4v) is 1.99. The van der Waals surface area contributed by atoms with E-state index in [1.807, 2.05) is 0 Å². The Hall–Kier alpha value is -1.06. The van der Waals surface area contributed by atoms with Crippen LogP contribution in [0.3, 0.4) is 0 Å². The van der Waals surface area contributed by atoms with Crippen LogP contribution in [0, 0.1) is 0 Å². The van der Waals surface area contributed by atoms with Gasteiger partial charge >= 0.3 is 5.97 Å². The lowest BCUT2D eigenvalue weighted by Gasteiger charge is -2.12. The molecule has 0 fully saturated rings. The smallest absolute Gasteiger partial charge is 0.326 e. The average molecular weight is 257 g/mol. The van der Waals surface area contributed by atoms with Crippen molar-refractivity contribution in [1.29, 1.82) is 0 Å². The van der Waals surface area contributed by atoms with Gasteiger partial charge in [-0.2, -0.15) is 0 Å². The second-order valence-electron chi connectivity index (χ2n) is 4.85. The lowest BCUT2D eigenvalue weighted by atomic mass is 10.0. The van der Waals surface area contributed by atoms with Crippen molar-refractivity contribution in [2.45, 2.75) is 77.7 Å². The zero-order chi connectivity index (χ0) is 13.8. The number of aliphatic carboxylic acids is 1. The van der Waals surface area contributed by atoms with E-state index in [0.717, 1.165) is 19.3 Å². The van der Waals surface area contributed by atoms with Gasteiger partial charge in [-0.3, -0.25) is 4.79 Å². The molecule has 2 N–H and O–H groups in total. The van der Waals surface area contributed by atoms with E-state index in [1.165, 1.54) is 39.0 Å². The summed E-state index contributed by atoms with van der Waals surface area (Å²) in [6, 6.07) is -0.720. The Balaban J connectivity index is 3.49. The quantitative estimate of drug-likeness (QED) is 0.559. The molecule has 18 heavy (non-hydrogen) atoms. The first kappa shape index (κ1) is 16.9. The molecule has 4 nitrogen and oxygen atoms in total. The molecule has 0 saturated carbocycles. The number of hydrogen-bond acceptors (Lipinski definition) is 2. The molecule has 0 radical (unpaired) electrons. The number of rotatable bonds is 11. The van der Waals surface area contributed by atoms with Crippen LogP contribution in [-0.2, 0) is 9.59 Å². The Bertz CT molecular complexity index is 241. The highest BCUT2D eigenvalue weighted by atomic mass is 16.4. The van der Waals surface area contributed by atoms with E-state index in [-0.39, 0.29) is 5.91 Å². The Morgan fingerprint density at radius 3 is 1.94 bits per heavy atom.